The van der Waals surface area contributed by atoms with Crippen molar-refractivity contribution in [2.45, 2.75) is 6.54 Å². The van der Waals surface area contributed by atoms with Crippen LogP contribution < -0.4 is 0 Å². The topological polar surface area (TPSA) is 60.9 Å². The van der Waals surface area contributed by atoms with Crippen LogP contribution in [-0.2, 0) is 11.3 Å². The molecule has 0 spiro atoms. The van der Waals surface area contributed by atoms with Crippen molar-refractivity contribution in [3.8, 4) is 0 Å². The molecule has 6 heteroatoms. The first kappa shape index (κ1) is 13.7. The Morgan fingerprint density at radius 3 is 2.74 bits per heavy atom. The number of carbonyl (C=O) groups excluding carboxylic acids is 1. The summed E-state index contributed by atoms with van der Waals surface area (Å²) >= 11 is 5.88. The zero-order valence-corrected chi connectivity index (χ0v) is 11.3. The van der Waals surface area contributed by atoms with Crippen LogP contribution in [0, 0.1) is 5.92 Å². The number of likely N-dealkylation sites (tertiary alicyclic amines) is 1. The number of hydrogen-bond acceptors (Lipinski definition) is 2. The highest BCUT2D eigenvalue weighted by molar-refractivity contribution is 6.30. The third-order valence-corrected chi connectivity index (χ3v) is 3.37. The highest BCUT2D eigenvalue weighted by Gasteiger charge is 2.36. The second-order valence-corrected chi connectivity index (χ2v) is 5.15. The minimum absolute atomic E-state index is 0.155. The molecule has 0 aromatic heterocycles. The van der Waals surface area contributed by atoms with Crippen LogP contribution in [0.4, 0.5) is 4.79 Å². The minimum Gasteiger partial charge on any atom is -0.481 e. The van der Waals surface area contributed by atoms with Crippen molar-refractivity contribution in [3.63, 3.8) is 0 Å². The third-order valence-electron chi connectivity index (χ3n) is 3.14. The Labute approximate surface area is 116 Å². The Hall–Kier alpha value is -1.75. The first-order valence-electron chi connectivity index (χ1n) is 5.94. The standard InChI is InChI=1S/C13H15ClN2O3/c1-15(6-9-3-2-4-11(14)5-9)13(19)16-7-10(8-16)12(17)18/h2-5,10H,6-8H2,1H3,(H,17,18). The quantitative estimate of drug-likeness (QED) is 0.921. The Balaban J connectivity index is 1.89. The van der Waals surface area contributed by atoms with Crippen molar-refractivity contribution >= 4 is 23.6 Å². The number of benzene rings is 1. The lowest BCUT2D eigenvalue weighted by molar-refractivity contribution is -0.146. The summed E-state index contributed by atoms with van der Waals surface area (Å²) in [5.74, 6) is -1.27. The Bertz CT molecular complexity index is 500. The van der Waals surface area contributed by atoms with Gasteiger partial charge in [-0.05, 0) is 17.7 Å². The summed E-state index contributed by atoms with van der Waals surface area (Å²) in [7, 11) is 1.69. The van der Waals surface area contributed by atoms with Crippen LogP contribution in [0.3, 0.4) is 0 Å². The molecule has 1 heterocycles. The lowest BCUT2D eigenvalue weighted by atomic mass is 10.0. The maximum Gasteiger partial charge on any atom is 0.320 e. The molecule has 5 nitrogen and oxygen atoms in total. The normalized spacial score (nSPS) is 14.9. The smallest absolute Gasteiger partial charge is 0.320 e. The van der Waals surface area contributed by atoms with E-state index in [0.29, 0.717) is 11.6 Å². The second kappa shape index (κ2) is 5.48. The highest BCUT2D eigenvalue weighted by Crippen LogP contribution is 2.18. The van der Waals surface area contributed by atoms with Crippen molar-refractivity contribution < 1.29 is 14.7 Å². The first-order chi connectivity index (χ1) is 8.97. The van der Waals surface area contributed by atoms with Gasteiger partial charge in [-0.15, -0.1) is 0 Å². The molecular formula is C13H15ClN2O3. The van der Waals surface area contributed by atoms with Crippen molar-refractivity contribution in [3.05, 3.63) is 34.9 Å². The molecule has 1 N–H and O–H groups in total. The van der Waals surface area contributed by atoms with E-state index in [1.165, 1.54) is 4.90 Å². The molecule has 1 fully saturated rings. The molecule has 19 heavy (non-hydrogen) atoms. The van der Waals surface area contributed by atoms with E-state index in [0.717, 1.165) is 5.56 Å². The molecule has 102 valence electrons. The minimum atomic E-state index is -0.846. The van der Waals surface area contributed by atoms with Crippen LogP contribution in [0.15, 0.2) is 24.3 Å². The molecule has 0 unspecified atom stereocenters. The average molecular weight is 283 g/mol. The SMILES string of the molecule is CN(Cc1cccc(Cl)c1)C(=O)N1CC(C(=O)O)C1. The van der Waals surface area contributed by atoms with Gasteiger partial charge in [-0.3, -0.25) is 4.79 Å². The molecule has 1 aromatic carbocycles. The lowest BCUT2D eigenvalue weighted by Gasteiger charge is -2.39. The number of carboxylic acids is 1. The number of urea groups is 1. The third kappa shape index (κ3) is 3.17. The van der Waals surface area contributed by atoms with Crippen molar-refractivity contribution in [2.24, 2.45) is 5.92 Å². The highest BCUT2D eigenvalue weighted by atomic mass is 35.5. The number of carbonyl (C=O) groups is 2. The van der Waals surface area contributed by atoms with Gasteiger partial charge in [0, 0.05) is 31.7 Å². The summed E-state index contributed by atoms with van der Waals surface area (Å²) in [6.07, 6.45) is 0. The van der Waals surface area contributed by atoms with Gasteiger partial charge in [0.2, 0.25) is 0 Å². The van der Waals surface area contributed by atoms with Gasteiger partial charge < -0.3 is 14.9 Å². The number of amides is 2. The molecule has 2 amide bonds. The molecule has 2 rings (SSSR count). The van der Waals surface area contributed by atoms with Gasteiger partial charge in [0.15, 0.2) is 0 Å². The number of carboxylic acid groups (broad SMARTS) is 1. The number of halogens is 1. The zero-order valence-electron chi connectivity index (χ0n) is 10.5. The zero-order chi connectivity index (χ0) is 14.0. The molecule has 1 saturated heterocycles. The maximum absolute atomic E-state index is 12.0. The molecule has 1 aromatic rings. The summed E-state index contributed by atoms with van der Waals surface area (Å²) in [6, 6.07) is 7.16. The average Bonchev–Trinajstić information content (AvgIpc) is 2.26. The fraction of sp³-hybridized carbons (Fsp3) is 0.385. The van der Waals surface area contributed by atoms with Crippen LogP contribution in [0.2, 0.25) is 5.02 Å². The van der Waals surface area contributed by atoms with E-state index in [9.17, 15) is 9.59 Å². The fourth-order valence-corrected chi connectivity index (χ4v) is 2.22. The predicted molar refractivity (Wildman–Crippen MR) is 71.0 cm³/mol. The van der Waals surface area contributed by atoms with Gasteiger partial charge in [0.05, 0.1) is 5.92 Å². The molecule has 0 saturated carbocycles. The monoisotopic (exact) mass is 282 g/mol. The Morgan fingerprint density at radius 1 is 1.47 bits per heavy atom. The molecule has 1 aliphatic heterocycles. The Kier molecular flexibility index (Phi) is 3.95. The maximum atomic E-state index is 12.0. The van der Waals surface area contributed by atoms with Gasteiger partial charge in [-0.25, -0.2) is 4.79 Å². The van der Waals surface area contributed by atoms with Crippen molar-refractivity contribution in [2.75, 3.05) is 20.1 Å². The van der Waals surface area contributed by atoms with E-state index in [1.54, 1.807) is 18.0 Å². The first-order valence-corrected chi connectivity index (χ1v) is 6.32. The summed E-state index contributed by atoms with van der Waals surface area (Å²) in [5, 5.41) is 9.40. The van der Waals surface area contributed by atoms with Crippen LogP contribution in [-0.4, -0.2) is 47.0 Å². The van der Waals surface area contributed by atoms with Gasteiger partial charge in [-0.1, -0.05) is 23.7 Å². The van der Waals surface area contributed by atoms with E-state index >= 15 is 0 Å². The van der Waals surface area contributed by atoms with E-state index in [2.05, 4.69) is 0 Å². The van der Waals surface area contributed by atoms with Crippen molar-refractivity contribution in [1.29, 1.82) is 0 Å². The molecule has 0 atom stereocenters. The lowest BCUT2D eigenvalue weighted by Crippen LogP contribution is -2.56. The van der Waals surface area contributed by atoms with Gasteiger partial charge in [0.1, 0.15) is 0 Å². The molecule has 0 radical (unpaired) electrons. The summed E-state index contributed by atoms with van der Waals surface area (Å²) < 4.78 is 0. The predicted octanol–water partition coefficient (Wildman–Crippen LogP) is 1.91. The summed E-state index contributed by atoms with van der Waals surface area (Å²) in [5.41, 5.74) is 0.943. The number of rotatable bonds is 3. The van der Waals surface area contributed by atoms with Crippen LogP contribution in [0.25, 0.3) is 0 Å². The van der Waals surface area contributed by atoms with Gasteiger partial charge in [-0.2, -0.15) is 0 Å². The molecule has 1 aliphatic rings. The number of nitrogens with zero attached hydrogens (tertiary/aromatic N) is 2. The van der Waals surface area contributed by atoms with Gasteiger partial charge in [0.25, 0.3) is 0 Å². The Morgan fingerprint density at radius 2 is 2.16 bits per heavy atom. The molecule has 0 aliphatic carbocycles. The van der Waals surface area contributed by atoms with Crippen LogP contribution in [0.1, 0.15) is 5.56 Å². The van der Waals surface area contributed by atoms with E-state index < -0.39 is 11.9 Å². The molecule has 0 bridgehead atoms. The van der Waals surface area contributed by atoms with E-state index in [-0.39, 0.29) is 19.1 Å². The summed E-state index contributed by atoms with van der Waals surface area (Å²) in [6.45, 7) is 1.02. The van der Waals surface area contributed by atoms with Crippen LogP contribution in [0.5, 0.6) is 0 Å². The number of aliphatic carboxylic acids is 1. The van der Waals surface area contributed by atoms with Crippen molar-refractivity contribution in [1.82, 2.24) is 9.80 Å². The fourth-order valence-electron chi connectivity index (χ4n) is 2.01. The van der Waals surface area contributed by atoms with Gasteiger partial charge >= 0.3 is 12.0 Å². The number of hydrogen-bond donors (Lipinski definition) is 1. The molecular weight excluding hydrogens is 268 g/mol. The summed E-state index contributed by atoms with van der Waals surface area (Å²) in [4.78, 5) is 25.8. The van der Waals surface area contributed by atoms with Crippen LogP contribution >= 0.6 is 11.6 Å². The largest absolute Gasteiger partial charge is 0.481 e. The van der Waals surface area contributed by atoms with E-state index in [1.807, 2.05) is 18.2 Å². The van der Waals surface area contributed by atoms with E-state index in [4.69, 9.17) is 16.7 Å². The second-order valence-electron chi connectivity index (χ2n) is 4.71.